The molecule has 0 aliphatic heterocycles. The zero-order valence-electron chi connectivity index (χ0n) is 12.9. The minimum absolute atomic E-state index is 0.00655. The zero-order chi connectivity index (χ0) is 16.1. The molecule has 2 aromatic rings. The average molecular weight is 316 g/mol. The number of carbonyl (C=O) groups excluding carboxylic acids is 2. The van der Waals surface area contributed by atoms with Crippen molar-refractivity contribution in [3.8, 4) is 0 Å². The molecule has 0 radical (unpaired) electrons. The van der Waals surface area contributed by atoms with Gasteiger partial charge in [0.25, 0.3) is 5.91 Å². The number of hydrogen-bond donors (Lipinski definition) is 2. The molecule has 4 nitrogen and oxygen atoms in total. The van der Waals surface area contributed by atoms with Crippen LogP contribution in [0.2, 0.25) is 0 Å². The Balaban J connectivity index is 2.09. The molecule has 0 fully saturated rings. The van der Waals surface area contributed by atoms with E-state index < -0.39 is 6.04 Å². The Morgan fingerprint density at radius 1 is 1.09 bits per heavy atom. The topological polar surface area (TPSA) is 58.2 Å². The molecule has 0 saturated carbocycles. The Morgan fingerprint density at radius 2 is 1.82 bits per heavy atom. The molecule has 1 atom stereocenters. The number of amides is 2. The lowest BCUT2D eigenvalue weighted by molar-refractivity contribution is -0.118. The number of anilines is 1. The predicted molar refractivity (Wildman–Crippen MR) is 90.2 cm³/mol. The SMILES string of the molecule is Cc1ccccc1NC(=O)C(NC(=O)c1cccs1)C(C)C. The fraction of sp³-hybridized carbons (Fsp3) is 0.294. The van der Waals surface area contributed by atoms with Crippen molar-refractivity contribution in [2.75, 3.05) is 5.32 Å². The second-order valence-electron chi connectivity index (χ2n) is 5.48. The molecule has 0 saturated heterocycles. The maximum atomic E-state index is 12.5. The summed E-state index contributed by atoms with van der Waals surface area (Å²) in [5, 5.41) is 7.55. The minimum Gasteiger partial charge on any atom is -0.339 e. The Labute approximate surface area is 134 Å². The summed E-state index contributed by atoms with van der Waals surface area (Å²) in [6, 6.07) is 10.6. The van der Waals surface area contributed by atoms with Gasteiger partial charge in [-0.05, 0) is 35.9 Å². The molecule has 0 bridgehead atoms. The Hall–Kier alpha value is -2.14. The van der Waals surface area contributed by atoms with Gasteiger partial charge in [-0.3, -0.25) is 9.59 Å². The number of nitrogens with one attached hydrogen (secondary N) is 2. The van der Waals surface area contributed by atoms with Gasteiger partial charge < -0.3 is 10.6 Å². The molecular weight excluding hydrogens is 296 g/mol. The summed E-state index contributed by atoms with van der Waals surface area (Å²) in [7, 11) is 0. The first-order valence-electron chi connectivity index (χ1n) is 7.20. The summed E-state index contributed by atoms with van der Waals surface area (Å²) in [6.45, 7) is 5.76. The van der Waals surface area contributed by atoms with Gasteiger partial charge >= 0.3 is 0 Å². The number of carbonyl (C=O) groups is 2. The molecule has 116 valence electrons. The van der Waals surface area contributed by atoms with E-state index >= 15 is 0 Å². The van der Waals surface area contributed by atoms with Crippen molar-refractivity contribution >= 4 is 28.8 Å². The first-order valence-corrected chi connectivity index (χ1v) is 8.08. The molecule has 0 spiro atoms. The van der Waals surface area contributed by atoms with E-state index in [4.69, 9.17) is 0 Å². The summed E-state index contributed by atoms with van der Waals surface area (Å²) in [5.74, 6) is -0.421. The highest BCUT2D eigenvalue weighted by atomic mass is 32.1. The van der Waals surface area contributed by atoms with Crippen LogP contribution in [0.1, 0.15) is 29.1 Å². The van der Waals surface area contributed by atoms with Crippen LogP contribution in [0, 0.1) is 12.8 Å². The van der Waals surface area contributed by atoms with Gasteiger partial charge in [0, 0.05) is 5.69 Å². The molecule has 1 aromatic carbocycles. The molecule has 5 heteroatoms. The third kappa shape index (κ3) is 3.95. The Bertz CT molecular complexity index is 650. The number of aryl methyl sites for hydroxylation is 1. The van der Waals surface area contributed by atoms with E-state index in [9.17, 15) is 9.59 Å². The summed E-state index contributed by atoms with van der Waals surface area (Å²) >= 11 is 1.36. The molecule has 1 heterocycles. The summed E-state index contributed by atoms with van der Waals surface area (Å²) < 4.78 is 0. The second kappa shape index (κ2) is 7.22. The molecule has 1 aromatic heterocycles. The van der Waals surface area contributed by atoms with Gasteiger partial charge in [-0.25, -0.2) is 0 Å². The van der Waals surface area contributed by atoms with E-state index in [1.54, 1.807) is 6.07 Å². The predicted octanol–water partition coefficient (Wildman–Crippen LogP) is 3.45. The molecular formula is C17H20N2O2S. The van der Waals surface area contributed by atoms with Gasteiger partial charge in [0.05, 0.1) is 4.88 Å². The van der Waals surface area contributed by atoms with Crippen LogP contribution in [0.4, 0.5) is 5.69 Å². The second-order valence-corrected chi connectivity index (χ2v) is 6.42. The van der Waals surface area contributed by atoms with Gasteiger partial charge in [-0.2, -0.15) is 0 Å². The molecule has 1 unspecified atom stereocenters. The van der Waals surface area contributed by atoms with Crippen molar-refractivity contribution in [1.82, 2.24) is 5.32 Å². The smallest absolute Gasteiger partial charge is 0.262 e. The van der Waals surface area contributed by atoms with E-state index in [0.717, 1.165) is 11.3 Å². The Morgan fingerprint density at radius 3 is 2.41 bits per heavy atom. The van der Waals surface area contributed by atoms with E-state index in [1.807, 2.05) is 56.5 Å². The van der Waals surface area contributed by atoms with E-state index in [1.165, 1.54) is 11.3 Å². The van der Waals surface area contributed by atoms with Gasteiger partial charge in [0.2, 0.25) is 5.91 Å². The van der Waals surface area contributed by atoms with Crippen LogP contribution in [0.15, 0.2) is 41.8 Å². The molecule has 2 N–H and O–H groups in total. The standard InChI is InChI=1S/C17H20N2O2S/c1-11(2)15(19-16(20)14-9-6-10-22-14)17(21)18-13-8-5-4-7-12(13)3/h4-11,15H,1-3H3,(H,18,21)(H,19,20). The lowest BCUT2D eigenvalue weighted by Crippen LogP contribution is -2.47. The zero-order valence-corrected chi connectivity index (χ0v) is 13.7. The highest BCUT2D eigenvalue weighted by Crippen LogP contribution is 2.15. The van der Waals surface area contributed by atoms with Gasteiger partial charge in [-0.15, -0.1) is 11.3 Å². The summed E-state index contributed by atoms with van der Waals surface area (Å²) in [5.41, 5.74) is 1.76. The van der Waals surface area contributed by atoms with Gasteiger partial charge in [0.15, 0.2) is 0 Å². The number of para-hydroxylation sites is 1. The summed E-state index contributed by atoms with van der Waals surface area (Å²) in [6.07, 6.45) is 0. The molecule has 0 aliphatic carbocycles. The average Bonchev–Trinajstić information content (AvgIpc) is 3.00. The number of rotatable bonds is 5. The van der Waals surface area contributed by atoms with Crippen LogP contribution < -0.4 is 10.6 Å². The van der Waals surface area contributed by atoms with Crippen LogP contribution in [0.5, 0.6) is 0 Å². The van der Waals surface area contributed by atoms with Crippen LogP contribution >= 0.6 is 11.3 Å². The molecule has 0 aliphatic rings. The highest BCUT2D eigenvalue weighted by Gasteiger charge is 2.25. The minimum atomic E-state index is -0.575. The third-order valence-electron chi connectivity index (χ3n) is 3.38. The molecule has 22 heavy (non-hydrogen) atoms. The fourth-order valence-electron chi connectivity index (χ4n) is 2.08. The van der Waals surface area contributed by atoms with Crippen LogP contribution in [0.25, 0.3) is 0 Å². The fourth-order valence-corrected chi connectivity index (χ4v) is 2.71. The van der Waals surface area contributed by atoms with E-state index in [-0.39, 0.29) is 17.7 Å². The molecule has 2 amide bonds. The Kier molecular flexibility index (Phi) is 5.33. The first kappa shape index (κ1) is 16.2. The highest BCUT2D eigenvalue weighted by molar-refractivity contribution is 7.12. The molecule has 2 rings (SSSR count). The van der Waals surface area contributed by atoms with Crippen LogP contribution in [0.3, 0.4) is 0 Å². The van der Waals surface area contributed by atoms with Crippen LogP contribution in [-0.2, 0) is 4.79 Å². The first-order chi connectivity index (χ1) is 10.5. The van der Waals surface area contributed by atoms with Gasteiger partial charge in [-0.1, -0.05) is 38.1 Å². The van der Waals surface area contributed by atoms with Crippen LogP contribution in [-0.4, -0.2) is 17.9 Å². The van der Waals surface area contributed by atoms with Crippen molar-refractivity contribution in [1.29, 1.82) is 0 Å². The van der Waals surface area contributed by atoms with Crippen molar-refractivity contribution in [3.05, 3.63) is 52.2 Å². The normalized spacial score (nSPS) is 12.0. The van der Waals surface area contributed by atoms with Crippen molar-refractivity contribution in [2.24, 2.45) is 5.92 Å². The van der Waals surface area contributed by atoms with E-state index in [2.05, 4.69) is 10.6 Å². The lowest BCUT2D eigenvalue weighted by atomic mass is 10.0. The van der Waals surface area contributed by atoms with Crippen molar-refractivity contribution in [3.63, 3.8) is 0 Å². The van der Waals surface area contributed by atoms with Crippen molar-refractivity contribution in [2.45, 2.75) is 26.8 Å². The number of thiophene rings is 1. The largest absolute Gasteiger partial charge is 0.339 e. The quantitative estimate of drug-likeness (QED) is 0.887. The van der Waals surface area contributed by atoms with Gasteiger partial charge in [0.1, 0.15) is 6.04 Å². The monoisotopic (exact) mass is 316 g/mol. The lowest BCUT2D eigenvalue weighted by Gasteiger charge is -2.22. The maximum absolute atomic E-state index is 12.5. The van der Waals surface area contributed by atoms with E-state index in [0.29, 0.717) is 4.88 Å². The number of benzene rings is 1. The third-order valence-corrected chi connectivity index (χ3v) is 4.25. The summed E-state index contributed by atoms with van der Waals surface area (Å²) in [4.78, 5) is 25.3. The maximum Gasteiger partial charge on any atom is 0.262 e. The number of hydrogen-bond acceptors (Lipinski definition) is 3. The van der Waals surface area contributed by atoms with Crippen molar-refractivity contribution < 1.29 is 9.59 Å².